The third-order valence-electron chi connectivity index (χ3n) is 5.77. The van der Waals surface area contributed by atoms with E-state index in [1.165, 1.54) is 5.56 Å². The van der Waals surface area contributed by atoms with Crippen LogP contribution in [0.4, 0.5) is 0 Å². The number of hydrogen-bond donors (Lipinski definition) is 4. The minimum absolute atomic E-state index is 0.0581. The molecular formula is C25H37NO4. The molecule has 5 atom stereocenters. The molecule has 1 amide bonds. The maximum atomic E-state index is 11.4. The standard InChI is InChI=1S/C25H37NO4/c1-2-26-25(30)13-9-4-3-8-12-21-22(24(29)18-23(21)28)17-16-20(27)15-14-19-10-6-5-7-11-19/h3,5-8,10-11,16-17,20-24,27-29H,2,4,9,12-15,18H2,1H3,(H,26,30)/b8-3-,17-16-/t20-,21+,22-,23-,24+/m1/s1. The van der Waals surface area contributed by atoms with Gasteiger partial charge in [-0.2, -0.15) is 0 Å². The number of hydrogen-bond acceptors (Lipinski definition) is 4. The molecule has 0 unspecified atom stereocenters. The number of carbonyl (C=O) groups excluding carboxylic acids is 1. The van der Waals surface area contributed by atoms with Gasteiger partial charge in [-0.15, -0.1) is 0 Å². The van der Waals surface area contributed by atoms with Crippen LogP contribution in [-0.2, 0) is 11.2 Å². The van der Waals surface area contributed by atoms with E-state index in [9.17, 15) is 20.1 Å². The second kappa shape index (κ2) is 13.4. The molecule has 1 aromatic carbocycles. The third-order valence-corrected chi connectivity index (χ3v) is 5.77. The van der Waals surface area contributed by atoms with Crippen LogP contribution in [0.2, 0.25) is 0 Å². The Morgan fingerprint density at radius 1 is 1.20 bits per heavy atom. The Labute approximate surface area is 180 Å². The number of nitrogens with one attached hydrogen (secondary N) is 1. The molecule has 4 N–H and O–H groups in total. The molecule has 5 heteroatoms. The number of aryl methyl sites for hydroxylation is 1. The van der Waals surface area contributed by atoms with Crippen molar-refractivity contribution in [3.8, 4) is 0 Å². The van der Waals surface area contributed by atoms with Crippen molar-refractivity contribution in [1.29, 1.82) is 0 Å². The van der Waals surface area contributed by atoms with Gasteiger partial charge >= 0.3 is 0 Å². The predicted octanol–water partition coefficient (Wildman–Crippen LogP) is 3.15. The Kier molecular flexibility index (Phi) is 10.8. The van der Waals surface area contributed by atoms with Crippen LogP contribution in [-0.4, -0.2) is 46.1 Å². The number of allylic oxidation sites excluding steroid dienone is 2. The maximum Gasteiger partial charge on any atom is 0.219 e. The molecular weight excluding hydrogens is 378 g/mol. The van der Waals surface area contributed by atoms with Gasteiger partial charge < -0.3 is 20.6 Å². The van der Waals surface area contributed by atoms with Crippen molar-refractivity contribution in [3.05, 3.63) is 60.2 Å². The van der Waals surface area contributed by atoms with E-state index in [-0.39, 0.29) is 17.7 Å². The van der Waals surface area contributed by atoms with Crippen molar-refractivity contribution in [2.24, 2.45) is 11.8 Å². The predicted molar refractivity (Wildman–Crippen MR) is 120 cm³/mol. The number of aliphatic hydroxyl groups is 3. The summed E-state index contributed by atoms with van der Waals surface area (Å²) in [5, 5.41) is 33.8. The monoisotopic (exact) mass is 415 g/mol. The van der Waals surface area contributed by atoms with E-state index in [1.807, 2.05) is 55.5 Å². The topological polar surface area (TPSA) is 89.8 Å². The highest BCUT2D eigenvalue weighted by atomic mass is 16.3. The van der Waals surface area contributed by atoms with Gasteiger partial charge in [0, 0.05) is 25.3 Å². The Morgan fingerprint density at radius 2 is 1.97 bits per heavy atom. The van der Waals surface area contributed by atoms with Crippen molar-refractivity contribution in [3.63, 3.8) is 0 Å². The van der Waals surface area contributed by atoms with Crippen molar-refractivity contribution >= 4 is 5.91 Å². The molecule has 30 heavy (non-hydrogen) atoms. The smallest absolute Gasteiger partial charge is 0.219 e. The van der Waals surface area contributed by atoms with E-state index in [2.05, 4.69) is 5.32 Å². The van der Waals surface area contributed by atoms with Crippen molar-refractivity contribution < 1.29 is 20.1 Å². The van der Waals surface area contributed by atoms with Gasteiger partial charge in [-0.05, 0) is 50.5 Å². The van der Waals surface area contributed by atoms with Crippen LogP contribution in [0.3, 0.4) is 0 Å². The van der Waals surface area contributed by atoms with E-state index in [0.717, 1.165) is 19.3 Å². The highest BCUT2D eigenvalue weighted by molar-refractivity contribution is 5.75. The van der Waals surface area contributed by atoms with Gasteiger partial charge in [0.15, 0.2) is 0 Å². The summed E-state index contributed by atoms with van der Waals surface area (Å²) in [6, 6.07) is 10.1. The molecule has 1 saturated carbocycles. The van der Waals surface area contributed by atoms with E-state index in [0.29, 0.717) is 32.2 Å². The fourth-order valence-electron chi connectivity index (χ4n) is 4.06. The highest BCUT2D eigenvalue weighted by Crippen LogP contribution is 2.36. The van der Waals surface area contributed by atoms with Crippen LogP contribution in [0.1, 0.15) is 51.0 Å². The molecule has 2 rings (SSSR count). The molecule has 0 aromatic heterocycles. The lowest BCUT2D eigenvalue weighted by Crippen LogP contribution is -2.21. The van der Waals surface area contributed by atoms with Gasteiger partial charge in [-0.25, -0.2) is 0 Å². The van der Waals surface area contributed by atoms with Crippen LogP contribution in [0.5, 0.6) is 0 Å². The maximum absolute atomic E-state index is 11.4. The normalized spacial score (nSPS) is 25.2. The number of unbranched alkanes of at least 4 members (excludes halogenated alkanes) is 1. The Hall–Kier alpha value is -1.95. The third kappa shape index (κ3) is 8.42. The van der Waals surface area contributed by atoms with Crippen LogP contribution < -0.4 is 5.32 Å². The van der Waals surface area contributed by atoms with Gasteiger partial charge in [-0.1, -0.05) is 54.6 Å². The van der Waals surface area contributed by atoms with Crippen LogP contribution in [0.25, 0.3) is 0 Å². The first kappa shape index (κ1) is 24.3. The number of carbonyl (C=O) groups is 1. The van der Waals surface area contributed by atoms with Crippen LogP contribution >= 0.6 is 0 Å². The molecule has 0 bridgehead atoms. The van der Waals surface area contributed by atoms with E-state index in [1.54, 1.807) is 6.08 Å². The first-order valence-electron chi connectivity index (χ1n) is 11.2. The lowest BCUT2D eigenvalue weighted by molar-refractivity contribution is -0.121. The SMILES string of the molecule is CCNC(=O)CCC/C=C\C[C@H]1[C@@H](/C=C\[C@H](O)CCc2ccccc2)[C@@H](O)C[C@H]1O. The summed E-state index contributed by atoms with van der Waals surface area (Å²) in [4.78, 5) is 11.4. The lowest BCUT2D eigenvalue weighted by Gasteiger charge is -2.19. The van der Waals surface area contributed by atoms with Crippen LogP contribution in [0, 0.1) is 11.8 Å². The molecule has 1 aromatic rings. The van der Waals surface area contributed by atoms with Gasteiger partial charge in [0.05, 0.1) is 18.3 Å². The number of amides is 1. The fourth-order valence-corrected chi connectivity index (χ4v) is 4.06. The summed E-state index contributed by atoms with van der Waals surface area (Å²) in [5.74, 6) is -0.139. The molecule has 0 radical (unpaired) electrons. The van der Waals surface area contributed by atoms with Crippen LogP contribution in [0.15, 0.2) is 54.6 Å². The minimum Gasteiger partial charge on any atom is -0.393 e. The summed E-state index contributed by atoms with van der Waals surface area (Å²) in [6.45, 7) is 2.57. The highest BCUT2D eigenvalue weighted by Gasteiger charge is 2.39. The molecule has 1 aliphatic carbocycles. The average Bonchev–Trinajstić information content (AvgIpc) is 3.00. The number of rotatable bonds is 12. The first-order chi connectivity index (χ1) is 14.5. The molecule has 1 fully saturated rings. The largest absolute Gasteiger partial charge is 0.393 e. The van der Waals surface area contributed by atoms with E-state index >= 15 is 0 Å². The first-order valence-corrected chi connectivity index (χ1v) is 11.2. The minimum atomic E-state index is -0.589. The molecule has 5 nitrogen and oxygen atoms in total. The second-order valence-corrected chi connectivity index (χ2v) is 8.14. The van der Waals surface area contributed by atoms with Gasteiger partial charge in [-0.3, -0.25) is 4.79 Å². The van der Waals surface area contributed by atoms with Crippen molar-refractivity contribution in [1.82, 2.24) is 5.32 Å². The van der Waals surface area contributed by atoms with Gasteiger partial charge in [0.1, 0.15) is 0 Å². The molecule has 1 aliphatic rings. The lowest BCUT2D eigenvalue weighted by atomic mass is 9.89. The molecule has 166 valence electrons. The molecule has 0 aliphatic heterocycles. The van der Waals surface area contributed by atoms with Gasteiger partial charge in [0.2, 0.25) is 5.91 Å². The summed E-state index contributed by atoms with van der Waals surface area (Å²) >= 11 is 0. The summed E-state index contributed by atoms with van der Waals surface area (Å²) in [7, 11) is 0. The van der Waals surface area contributed by atoms with E-state index in [4.69, 9.17) is 0 Å². The molecule has 0 spiro atoms. The van der Waals surface area contributed by atoms with Crippen molar-refractivity contribution in [2.75, 3.05) is 6.54 Å². The fraction of sp³-hybridized carbons (Fsp3) is 0.560. The zero-order valence-corrected chi connectivity index (χ0v) is 18.0. The van der Waals surface area contributed by atoms with E-state index < -0.39 is 18.3 Å². The summed E-state index contributed by atoms with van der Waals surface area (Å²) < 4.78 is 0. The Morgan fingerprint density at radius 3 is 2.70 bits per heavy atom. The molecule has 0 heterocycles. The zero-order valence-electron chi connectivity index (χ0n) is 18.0. The zero-order chi connectivity index (χ0) is 21.8. The summed E-state index contributed by atoms with van der Waals surface area (Å²) in [6.07, 6.45) is 10.6. The van der Waals surface area contributed by atoms with Crippen molar-refractivity contribution in [2.45, 2.75) is 70.2 Å². The Bertz CT molecular complexity index is 673. The number of benzene rings is 1. The van der Waals surface area contributed by atoms with Gasteiger partial charge in [0.25, 0.3) is 0 Å². The average molecular weight is 416 g/mol. The summed E-state index contributed by atoms with van der Waals surface area (Å²) in [5.41, 5.74) is 1.19. The second-order valence-electron chi connectivity index (χ2n) is 8.14. The number of aliphatic hydroxyl groups excluding tert-OH is 3. The quantitative estimate of drug-likeness (QED) is 0.312. The molecule has 0 saturated heterocycles. The Balaban J connectivity index is 1.78.